The third kappa shape index (κ3) is 2.34. The monoisotopic (exact) mass is 365 g/mol. The number of carbonyl (C=O) groups excluding carboxylic acids is 1. The van der Waals surface area contributed by atoms with Gasteiger partial charge in [-0.3, -0.25) is 4.79 Å². The molecule has 2 heterocycles. The lowest BCUT2D eigenvalue weighted by molar-refractivity contribution is 0.0602. The number of hydrogen-bond donors (Lipinski definition) is 1. The minimum Gasteiger partial charge on any atom is -0.374 e. The molecule has 0 unspecified atom stereocenters. The molecule has 1 fully saturated rings. The zero-order valence-electron chi connectivity index (χ0n) is 14.2. The standard InChI is InChI=1S/C20H16ClN3O2/c1-2-12-9-15(5-3-13(12)11-22)24-8-7-20(26)18(25)16-10-14(21)4-6-17(16)23-19(20)24/h3-6,9-10,26H,2,7-8H2,1H3/t20-/m1/s1. The number of nitriles is 1. The Morgan fingerprint density at radius 1 is 1.35 bits per heavy atom. The van der Waals surface area contributed by atoms with Crippen LogP contribution in [-0.4, -0.2) is 28.9 Å². The summed E-state index contributed by atoms with van der Waals surface area (Å²) in [6.45, 7) is 2.46. The fraction of sp³-hybridized carbons (Fsp3) is 0.250. The molecule has 1 saturated heterocycles. The number of amidine groups is 1. The van der Waals surface area contributed by atoms with Crippen molar-refractivity contribution in [2.45, 2.75) is 25.4 Å². The average molecular weight is 366 g/mol. The Morgan fingerprint density at radius 2 is 2.15 bits per heavy atom. The molecule has 2 aromatic carbocycles. The van der Waals surface area contributed by atoms with Gasteiger partial charge in [0, 0.05) is 29.2 Å². The number of benzene rings is 2. The normalized spacial score (nSPS) is 21.1. The predicted octanol–water partition coefficient (Wildman–Crippen LogP) is 3.64. The second-order valence-corrected chi connectivity index (χ2v) is 6.93. The van der Waals surface area contributed by atoms with Gasteiger partial charge < -0.3 is 10.0 Å². The minimum absolute atomic E-state index is 0.262. The molecule has 26 heavy (non-hydrogen) atoms. The molecule has 0 spiro atoms. The van der Waals surface area contributed by atoms with E-state index >= 15 is 0 Å². The number of aliphatic hydroxyl groups is 1. The van der Waals surface area contributed by atoms with Crippen LogP contribution >= 0.6 is 11.6 Å². The van der Waals surface area contributed by atoms with Crippen LogP contribution in [0, 0.1) is 11.3 Å². The van der Waals surface area contributed by atoms with E-state index in [2.05, 4.69) is 11.1 Å². The molecule has 0 bridgehead atoms. The van der Waals surface area contributed by atoms with Gasteiger partial charge in [-0.05, 0) is 48.4 Å². The van der Waals surface area contributed by atoms with Gasteiger partial charge in [-0.1, -0.05) is 18.5 Å². The van der Waals surface area contributed by atoms with E-state index in [1.165, 1.54) is 0 Å². The maximum absolute atomic E-state index is 12.9. The first-order chi connectivity index (χ1) is 12.5. The second kappa shape index (κ2) is 5.94. The first-order valence-corrected chi connectivity index (χ1v) is 8.82. The Kier molecular flexibility index (Phi) is 3.83. The summed E-state index contributed by atoms with van der Waals surface area (Å²) in [4.78, 5) is 19.3. The fourth-order valence-electron chi connectivity index (χ4n) is 3.61. The molecule has 2 aromatic rings. The van der Waals surface area contributed by atoms with E-state index in [1.807, 2.05) is 24.0 Å². The lowest BCUT2D eigenvalue weighted by Gasteiger charge is -2.30. The summed E-state index contributed by atoms with van der Waals surface area (Å²) in [5.41, 5.74) is 1.59. The molecule has 0 radical (unpaired) electrons. The fourth-order valence-corrected chi connectivity index (χ4v) is 3.78. The van der Waals surface area contributed by atoms with Crippen LogP contribution in [-0.2, 0) is 6.42 Å². The molecule has 1 atom stereocenters. The summed E-state index contributed by atoms with van der Waals surface area (Å²) in [5, 5.41) is 20.7. The van der Waals surface area contributed by atoms with Crippen molar-refractivity contribution in [1.82, 2.24) is 0 Å². The maximum Gasteiger partial charge on any atom is 0.204 e. The van der Waals surface area contributed by atoms with Gasteiger partial charge >= 0.3 is 0 Å². The average Bonchev–Trinajstić information content (AvgIpc) is 3.00. The molecule has 0 aliphatic carbocycles. The van der Waals surface area contributed by atoms with Crippen molar-refractivity contribution >= 4 is 34.6 Å². The van der Waals surface area contributed by atoms with E-state index in [4.69, 9.17) is 11.6 Å². The summed E-state index contributed by atoms with van der Waals surface area (Å²) >= 11 is 6.00. The van der Waals surface area contributed by atoms with Crippen molar-refractivity contribution in [2.24, 2.45) is 4.99 Å². The van der Waals surface area contributed by atoms with Gasteiger partial charge in [0.05, 0.1) is 17.3 Å². The van der Waals surface area contributed by atoms with Crippen molar-refractivity contribution < 1.29 is 9.90 Å². The molecule has 0 saturated carbocycles. The smallest absolute Gasteiger partial charge is 0.204 e. The van der Waals surface area contributed by atoms with Crippen LogP contribution in [0.2, 0.25) is 5.02 Å². The molecule has 0 amide bonds. The number of hydrogen-bond acceptors (Lipinski definition) is 5. The topological polar surface area (TPSA) is 76.7 Å². The molecular formula is C20H16ClN3O2. The van der Waals surface area contributed by atoms with Crippen LogP contribution < -0.4 is 4.90 Å². The molecule has 2 aliphatic heterocycles. The summed E-state index contributed by atoms with van der Waals surface area (Å²) in [7, 11) is 0. The number of ketones is 1. The van der Waals surface area contributed by atoms with Crippen molar-refractivity contribution in [1.29, 1.82) is 5.26 Å². The zero-order valence-corrected chi connectivity index (χ0v) is 14.9. The number of Topliss-reactive ketones (excluding diaryl/α,β-unsaturated/α-hetero) is 1. The second-order valence-electron chi connectivity index (χ2n) is 6.49. The van der Waals surface area contributed by atoms with E-state index in [9.17, 15) is 15.2 Å². The highest BCUT2D eigenvalue weighted by molar-refractivity contribution is 6.33. The summed E-state index contributed by atoms with van der Waals surface area (Å²) < 4.78 is 0. The number of rotatable bonds is 2. The zero-order chi connectivity index (χ0) is 18.5. The van der Waals surface area contributed by atoms with Crippen LogP contribution in [0.4, 0.5) is 11.4 Å². The Morgan fingerprint density at radius 3 is 2.88 bits per heavy atom. The van der Waals surface area contributed by atoms with Gasteiger partial charge in [0.15, 0.2) is 5.60 Å². The number of anilines is 1. The molecule has 4 rings (SSSR count). The maximum atomic E-state index is 12.9. The van der Waals surface area contributed by atoms with Crippen LogP contribution in [0.5, 0.6) is 0 Å². The number of halogens is 1. The molecule has 0 aromatic heterocycles. The van der Waals surface area contributed by atoms with E-state index < -0.39 is 5.60 Å². The number of aliphatic imine (C=N–C) groups is 1. The van der Waals surface area contributed by atoms with E-state index in [1.54, 1.807) is 24.3 Å². The molecule has 1 N–H and O–H groups in total. The molecule has 2 aliphatic rings. The summed E-state index contributed by atoms with van der Waals surface area (Å²) in [6.07, 6.45) is 0.986. The van der Waals surface area contributed by atoms with Crippen LogP contribution in [0.1, 0.15) is 34.8 Å². The Labute approximate surface area is 156 Å². The van der Waals surface area contributed by atoms with Gasteiger partial charge in [-0.2, -0.15) is 5.26 Å². The van der Waals surface area contributed by atoms with Gasteiger partial charge in [-0.25, -0.2) is 4.99 Å². The van der Waals surface area contributed by atoms with Crippen molar-refractivity contribution in [3.63, 3.8) is 0 Å². The summed E-state index contributed by atoms with van der Waals surface area (Å²) in [6, 6.07) is 12.6. The highest BCUT2D eigenvalue weighted by atomic mass is 35.5. The van der Waals surface area contributed by atoms with Crippen LogP contribution in [0.15, 0.2) is 41.4 Å². The van der Waals surface area contributed by atoms with Gasteiger partial charge in [-0.15, -0.1) is 0 Å². The number of nitrogens with zero attached hydrogens (tertiary/aromatic N) is 3. The predicted molar refractivity (Wildman–Crippen MR) is 100 cm³/mol. The van der Waals surface area contributed by atoms with Crippen molar-refractivity contribution in [3.8, 4) is 6.07 Å². The van der Waals surface area contributed by atoms with E-state index in [0.717, 1.165) is 17.7 Å². The van der Waals surface area contributed by atoms with Crippen LogP contribution in [0.25, 0.3) is 0 Å². The Balaban J connectivity index is 1.84. The van der Waals surface area contributed by atoms with Gasteiger partial charge in [0.1, 0.15) is 5.84 Å². The SMILES string of the molecule is CCc1cc(N2CC[C@@]3(O)C(=O)c4cc(Cl)ccc4N=C23)ccc1C#N. The highest BCUT2D eigenvalue weighted by Crippen LogP contribution is 2.40. The third-order valence-electron chi connectivity index (χ3n) is 5.03. The number of fused-ring (bicyclic) bond motifs is 2. The summed E-state index contributed by atoms with van der Waals surface area (Å²) in [5.74, 6) is -0.0315. The molecular weight excluding hydrogens is 350 g/mol. The van der Waals surface area contributed by atoms with Gasteiger partial charge in [0.2, 0.25) is 5.78 Å². The lowest BCUT2D eigenvalue weighted by atomic mass is 9.87. The van der Waals surface area contributed by atoms with Crippen molar-refractivity contribution in [3.05, 3.63) is 58.1 Å². The minimum atomic E-state index is -1.64. The number of aryl methyl sites for hydroxylation is 1. The first-order valence-electron chi connectivity index (χ1n) is 8.44. The largest absolute Gasteiger partial charge is 0.374 e. The highest BCUT2D eigenvalue weighted by Gasteiger charge is 2.52. The van der Waals surface area contributed by atoms with Gasteiger partial charge in [0.25, 0.3) is 0 Å². The van der Waals surface area contributed by atoms with Crippen LogP contribution in [0.3, 0.4) is 0 Å². The molecule has 130 valence electrons. The Bertz CT molecular complexity index is 1010. The third-order valence-corrected chi connectivity index (χ3v) is 5.26. The first kappa shape index (κ1) is 16.8. The Hall–Kier alpha value is -2.68. The molecule has 6 heteroatoms. The molecule has 5 nitrogen and oxygen atoms in total. The number of carbonyl (C=O) groups is 1. The van der Waals surface area contributed by atoms with E-state index in [0.29, 0.717) is 34.2 Å². The van der Waals surface area contributed by atoms with Crippen molar-refractivity contribution in [2.75, 3.05) is 11.4 Å². The van der Waals surface area contributed by atoms with E-state index in [-0.39, 0.29) is 12.2 Å². The lowest BCUT2D eigenvalue weighted by Crippen LogP contribution is -2.48. The quantitative estimate of drug-likeness (QED) is 0.881.